The number of hydrogen-bond acceptors (Lipinski definition) is 3. The molecule has 3 heterocycles. The van der Waals surface area contributed by atoms with Crippen molar-refractivity contribution in [3.63, 3.8) is 0 Å². The molecule has 4 amide bonds. The Balaban J connectivity index is 1.39. The zero-order valence-electron chi connectivity index (χ0n) is 14.8. The number of rotatable bonds is 5. The van der Waals surface area contributed by atoms with Gasteiger partial charge in [0, 0.05) is 57.1 Å². The first-order chi connectivity index (χ1) is 12.1. The van der Waals surface area contributed by atoms with E-state index >= 15 is 0 Å². The van der Waals surface area contributed by atoms with Crippen LogP contribution in [0.25, 0.3) is 0 Å². The lowest BCUT2D eigenvalue weighted by atomic mass is 9.96. The van der Waals surface area contributed by atoms with Gasteiger partial charge in [-0.25, -0.2) is 9.59 Å². The molecule has 0 bridgehead atoms. The van der Waals surface area contributed by atoms with Crippen LogP contribution in [0, 0.1) is 5.92 Å². The molecule has 7 nitrogen and oxygen atoms in total. The third kappa shape index (κ3) is 4.84. The number of nitrogens with one attached hydrogen (secondary N) is 2. The van der Waals surface area contributed by atoms with E-state index in [9.17, 15) is 9.59 Å². The Hall–Kier alpha value is -2.31. The SMILES string of the molecule is CC(Cc1ccccn1)NC(=O)N1CCC(CN2CCNC2=O)CC1. The van der Waals surface area contributed by atoms with E-state index in [1.165, 1.54) is 0 Å². The molecular weight excluding hydrogens is 318 g/mol. The van der Waals surface area contributed by atoms with Crippen molar-refractivity contribution in [2.24, 2.45) is 5.92 Å². The number of hydrogen-bond donors (Lipinski definition) is 2. The van der Waals surface area contributed by atoms with E-state index < -0.39 is 0 Å². The fourth-order valence-electron chi connectivity index (χ4n) is 3.50. The Bertz CT molecular complexity index is 586. The highest BCUT2D eigenvalue weighted by Gasteiger charge is 2.28. The van der Waals surface area contributed by atoms with Gasteiger partial charge in [0.25, 0.3) is 0 Å². The van der Waals surface area contributed by atoms with E-state index in [0.717, 1.165) is 57.7 Å². The van der Waals surface area contributed by atoms with E-state index in [4.69, 9.17) is 0 Å². The molecule has 0 aromatic carbocycles. The second-order valence-electron chi connectivity index (χ2n) is 6.98. The monoisotopic (exact) mass is 345 g/mol. The molecule has 1 atom stereocenters. The fraction of sp³-hybridized carbons (Fsp3) is 0.611. The van der Waals surface area contributed by atoms with Crippen LogP contribution < -0.4 is 10.6 Å². The average Bonchev–Trinajstić information content (AvgIpc) is 3.01. The molecule has 0 saturated carbocycles. The lowest BCUT2D eigenvalue weighted by molar-refractivity contribution is 0.153. The van der Waals surface area contributed by atoms with Crippen molar-refractivity contribution >= 4 is 12.1 Å². The van der Waals surface area contributed by atoms with Gasteiger partial charge in [-0.3, -0.25) is 4.98 Å². The third-order valence-electron chi connectivity index (χ3n) is 4.94. The van der Waals surface area contributed by atoms with Gasteiger partial charge in [0.1, 0.15) is 0 Å². The lowest BCUT2D eigenvalue weighted by Crippen LogP contribution is -2.48. The third-order valence-corrected chi connectivity index (χ3v) is 4.94. The molecule has 2 saturated heterocycles. The van der Waals surface area contributed by atoms with Gasteiger partial charge in [-0.15, -0.1) is 0 Å². The number of pyridine rings is 1. The number of aromatic nitrogens is 1. The highest BCUT2D eigenvalue weighted by Crippen LogP contribution is 2.19. The summed E-state index contributed by atoms with van der Waals surface area (Å²) in [5, 5.41) is 5.90. The van der Waals surface area contributed by atoms with Gasteiger partial charge in [-0.2, -0.15) is 0 Å². The van der Waals surface area contributed by atoms with Crippen LogP contribution in [-0.2, 0) is 6.42 Å². The second kappa shape index (κ2) is 8.18. The van der Waals surface area contributed by atoms with Crippen molar-refractivity contribution in [3.8, 4) is 0 Å². The minimum atomic E-state index is 0.000738. The molecule has 25 heavy (non-hydrogen) atoms. The highest BCUT2D eigenvalue weighted by atomic mass is 16.2. The fourth-order valence-corrected chi connectivity index (χ4v) is 3.50. The van der Waals surface area contributed by atoms with Crippen LogP contribution >= 0.6 is 0 Å². The summed E-state index contributed by atoms with van der Waals surface area (Å²) < 4.78 is 0. The minimum Gasteiger partial charge on any atom is -0.336 e. The van der Waals surface area contributed by atoms with Crippen LogP contribution in [0.1, 0.15) is 25.5 Å². The predicted octanol–water partition coefficient (Wildman–Crippen LogP) is 1.46. The number of likely N-dealkylation sites (tertiary alicyclic amines) is 1. The first kappa shape index (κ1) is 17.5. The Kier molecular flexibility index (Phi) is 5.73. The summed E-state index contributed by atoms with van der Waals surface area (Å²) in [4.78, 5) is 32.1. The molecule has 136 valence electrons. The van der Waals surface area contributed by atoms with Gasteiger partial charge in [0.05, 0.1) is 0 Å². The van der Waals surface area contributed by atoms with Crippen molar-refractivity contribution in [1.29, 1.82) is 0 Å². The number of carbonyl (C=O) groups is 2. The summed E-state index contributed by atoms with van der Waals surface area (Å²) in [6, 6.07) is 5.92. The molecule has 2 aliphatic heterocycles. The van der Waals surface area contributed by atoms with Crippen molar-refractivity contribution in [1.82, 2.24) is 25.4 Å². The van der Waals surface area contributed by atoms with E-state index in [1.54, 1.807) is 6.20 Å². The molecule has 0 radical (unpaired) electrons. The summed E-state index contributed by atoms with van der Waals surface area (Å²) in [5.41, 5.74) is 0.984. The molecule has 2 N–H and O–H groups in total. The normalized spacial score (nSPS) is 19.6. The number of carbonyl (C=O) groups excluding carboxylic acids is 2. The Labute approximate surface area is 148 Å². The quantitative estimate of drug-likeness (QED) is 0.848. The second-order valence-corrected chi connectivity index (χ2v) is 6.98. The van der Waals surface area contributed by atoms with Crippen LogP contribution in [0.3, 0.4) is 0 Å². The average molecular weight is 345 g/mol. The highest BCUT2D eigenvalue weighted by molar-refractivity contribution is 5.76. The molecule has 7 heteroatoms. The molecule has 0 spiro atoms. The number of nitrogens with zero attached hydrogens (tertiary/aromatic N) is 3. The van der Waals surface area contributed by atoms with Crippen LogP contribution in [0.15, 0.2) is 24.4 Å². The number of urea groups is 2. The largest absolute Gasteiger partial charge is 0.336 e. The molecule has 0 aliphatic carbocycles. The molecule has 1 aromatic rings. The van der Waals surface area contributed by atoms with E-state index in [1.807, 2.05) is 34.9 Å². The topological polar surface area (TPSA) is 77.6 Å². The van der Waals surface area contributed by atoms with Gasteiger partial charge in [0.2, 0.25) is 0 Å². The lowest BCUT2D eigenvalue weighted by Gasteiger charge is -2.34. The van der Waals surface area contributed by atoms with Crippen LogP contribution in [-0.4, -0.2) is 65.6 Å². The first-order valence-electron chi connectivity index (χ1n) is 9.10. The summed E-state index contributed by atoms with van der Waals surface area (Å²) in [6.07, 6.45) is 4.40. The molecule has 1 unspecified atom stereocenters. The maximum atomic E-state index is 12.4. The van der Waals surface area contributed by atoms with E-state index in [-0.39, 0.29) is 18.1 Å². The molecule has 2 fully saturated rings. The predicted molar refractivity (Wildman–Crippen MR) is 95.2 cm³/mol. The zero-order chi connectivity index (χ0) is 17.6. The van der Waals surface area contributed by atoms with Crippen LogP contribution in [0.5, 0.6) is 0 Å². The Morgan fingerprint density at radius 3 is 2.80 bits per heavy atom. The zero-order valence-corrected chi connectivity index (χ0v) is 14.8. The van der Waals surface area contributed by atoms with E-state index in [2.05, 4.69) is 15.6 Å². The van der Waals surface area contributed by atoms with Crippen molar-refractivity contribution in [3.05, 3.63) is 30.1 Å². The van der Waals surface area contributed by atoms with Crippen molar-refractivity contribution in [2.45, 2.75) is 32.2 Å². The molecule has 2 aliphatic rings. The standard InChI is InChI=1S/C18H27N5O2/c1-14(12-16-4-2-3-7-19-16)21-18(25)22-9-5-15(6-10-22)13-23-11-8-20-17(23)24/h2-4,7,14-15H,5-6,8-13H2,1H3,(H,20,24)(H,21,25). The van der Waals surface area contributed by atoms with Crippen molar-refractivity contribution in [2.75, 3.05) is 32.7 Å². The van der Waals surface area contributed by atoms with Gasteiger partial charge in [-0.1, -0.05) is 6.07 Å². The molecule has 1 aromatic heterocycles. The minimum absolute atomic E-state index is 0.000738. The van der Waals surface area contributed by atoms with Gasteiger partial charge >= 0.3 is 12.1 Å². The van der Waals surface area contributed by atoms with Crippen LogP contribution in [0.2, 0.25) is 0 Å². The maximum absolute atomic E-state index is 12.4. The summed E-state index contributed by atoms with van der Waals surface area (Å²) in [7, 11) is 0. The Morgan fingerprint density at radius 2 is 2.16 bits per heavy atom. The number of amides is 4. The molecular formula is C18H27N5O2. The number of piperidine rings is 1. The first-order valence-corrected chi connectivity index (χ1v) is 9.10. The van der Waals surface area contributed by atoms with Crippen LogP contribution in [0.4, 0.5) is 9.59 Å². The maximum Gasteiger partial charge on any atom is 0.317 e. The summed E-state index contributed by atoms with van der Waals surface area (Å²) in [5.74, 6) is 0.485. The van der Waals surface area contributed by atoms with E-state index in [0.29, 0.717) is 5.92 Å². The van der Waals surface area contributed by atoms with Gasteiger partial charge in [0.15, 0.2) is 0 Å². The van der Waals surface area contributed by atoms with Gasteiger partial charge < -0.3 is 20.4 Å². The Morgan fingerprint density at radius 1 is 1.36 bits per heavy atom. The summed E-state index contributed by atoms with van der Waals surface area (Å²) in [6.45, 7) is 5.85. The molecule has 3 rings (SSSR count). The van der Waals surface area contributed by atoms with Gasteiger partial charge in [-0.05, 0) is 37.8 Å². The van der Waals surface area contributed by atoms with Crippen molar-refractivity contribution < 1.29 is 9.59 Å². The summed E-state index contributed by atoms with van der Waals surface area (Å²) >= 11 is 0. The smallest absolute Gasteiger partial charge is 0.317 e.